The summed E-state index contributed by atoms with van der Waals surface area (Å²) >= 11 is 0. The van der Waals surface area contributed by atoms with Crippen molar-refractivity contribution in [2.45, 2.75) is 51.1 Å². The van der Waals surface area contributed by atoms with Gasteiger partial charge in [0.05, 0.1) is 19.1 Å². The summed E-state index contributed by atoms with van der Waals surface area (Å²) in [6.07, 6.45) is 4.39. The average molecular weight is 330 g/mol. The SMILES string of the molecule is CCCCN1C(=O)C[C@@H](C(=O)NC2CC2)[C@@H]1c1ccc(OC)cc1. The van der Waals surface area contributed by atoms with Gasteiger partial charge in [-0.3, -0.25) is 9.59 Å². The van der Waals surface area contributed by atoms with Gasteiger partial charge in [-0.25, -0.2) is 0 Å². The lowest BCUT2D eigenvalue weighted by atomic mass is 9.92. The number of carbonyl (C=O) groups is 2. The Morgan fingerprint density at radius 3 is 2.58 bits per heavy atom. The molecule has 1 saturated heterocycles. The molecule has 2 aliphatic rings. The summed E-state index contributed by atoms with van der Waals surface area (Å²) in [6.45, 7) is 2.82. The Labute approximate surface area is 143 Å². The number of rotatable bonds is 7. The Hall–Kier alpha value is -2.04. The molecule has 0 spiro atoms. The average Bonchev–Trinajstić information content (AvgIpc) is 3.34. The first-order valence-electron chi connectivity index (χ1n) is 8.87. The maximum Gasteiger partial charge on any atom is 0.226 e. The van der Waals surface area contributed by atoms with Gasteiger partial charge in [0.15, 0.2) is 0 Å². The van der Waals surface area contributed by atoms with Crippen molar-refractivity contribution in [3.63, 3.8) is 0 Å². The third kappa shape index (κ3) is 3.55. The smallest absolute Gasteiger partial charge is 0.226 e. The van der Waals surface area contributed by atoms with E-state index < -0.39 is 0 Å². The monoisotopic (exact) mass is 330 g/mol. The lowest BCUT2D eigenvalue weighted by molar-refractivity contribution is -0.129. The molecule has 1 aliphatic carbocycles. The van der Waals surface area contributed by atoms with Crippen molar-refractivity contribution < 1.29 is 14.3 Å². The van der Waals surface area contributed by atoms with Crippen LogP contribution in [0, 0.1) is 5.92 Å². The number of unbranched alkanes of at least 4 members (excludes halogenated alkanes) is 1. The first-order valence-corrected chi connectivity index (χ1v) is 8.87. The molecule has 24 heavy (non-hydrogen) atoms. The zero-order valence-corrected chi connectivity index (χ0v) is 14.5. The highest BCUT2D eigenvalue weighted by atomic mass is 16.5. The maximum atomic E-state index is 12.7. The van der Waals surface area contributed by atoms with E-state index in [1.807, 2.05) is 29.2 Å². The predicted molar refractivity (Wildman–Crippen MR) is 91.6 cm³/mol. The van der Waals surface area contributed by atoms with Crippen LogP contribution in [0.4, 0.5) is 0 Å². The van der Waals surface area contributed by atoms with Crippen LogP contribution in [0.15, 0.2) is 24.3 Å². The van der Waals surface area contributed by atoms with E-state index in [1.54, 1.807) is 7.11 Å². The molecular weight excluding hydrogens is 304 g/mol. The number of benzene rings is 1. The zero-order valence-electron chi connectivity index (χ0n) is 14.5. The van der Waals surface area contributed by atoms with Gasteiger partial charge in [0.1, 0.15) is 5.75 Å². The fourth-order valence-electron chi connectivity index (χ4n) is 3.37. The molecule has 1 heterocycles. The van der Waals surface area contributed by atoms with Gasteiger partial charge in [0.25, 0.3) is 0 Å². The minimum Gasteiger partial charge on any atom is -0.497 e. The van der Waals surface area contributed by atoms with Crippen molar-refractivity contribution in [2.24, 2.45) is 5.92 Å². The predicted octanol–water partition coefficient (Wildman–Crippen LogP) is 2.66. The second-order valence-corrected chi connectivity index (χ2v) is 6.75. The van der Waals surface area contributed by atoms with Gasteiger partial charge in [-0.1, -0.05) is 25.5 Å². The van der Waals surface area contributed by atoms with Gasteiger partial charge in [0, 0.05) is 19.0 Å². The second kappa shape index (κ2) is 7.24. The van der Waals surface area contributed by atoms with E-state index >= 15 is 0 Å². The fourth-order valence-corrected chi connectivity index (χ4v) is 3.37. The lowest BCUT2D eigenvalue weighted by Gasteiger charge is -2.28. The molecule has 2 atom stereocenters. The zero-order chi connectivity index (χ0) is 17.1. The molecular formula is C19H26N2O3. The van der Waals surface area contributed by atoms with Gasteiger partial charge < -0.3 is 15.0 Å². The van der Waals surface area contributed by atoms with E-state index in [9.17, 15) is 9.59 Å². The van der Waals surface area contributed by atoms with Gasteiger partial charge >= 0.3 is 0 Å². The highest BCUT2D eigenvalue weighted by molar-refractivity contribution is 5.90. The summed E-state index contributed by atoms with van der Waals surface area (Å²) in [7, 11) is 1.63. The number of amides is 2. The van der Waals surface area contributed by atoms with Crippen molar-refractivity contribution >= 4 is 11.8 Å². The molecule has 3 rings (SSSR count). The molecule has 1 saturated carbocycles. The molecule has 1 aromatic carbocycles. The first-order chi connectivity index (χ1) is 11.6. The van der Waals surface area contributed by atoms with Crippen molar-refractivity contribution in [3.8, 4) is 5.75 Å². The van der Waals surface area contributed by atoms with Crippen LogP contribution in [0.25, 0.3) is 0 Å². The van der Waals surface area contributed by atoms with Crippen molar-refractivity contribution in [3.05, 3.63) is 29.8 Å². The van der Waals surface area contributed by atoms with Crippen LogP contribution in [0.5, 0.6) is 5.75 Å². The number of likely N-dealkylation sites (tertiary alicyclic amines) is 1. The molecule has 0 aromatic heterocycles. The highest BCUT2D eigenvalue weighted by Crippen LogP contribution is 2.39. The van der Waals surface area contributed by atoms with Crippen LogP contribution in [0.2, 0.25) is 0 Å². The quantitative estimate of drug-likeness (QED) is 0.836. The number of carbonyl (C=O) groups excluding carboxylic acids is 2. The van der Waals surface area contributed by atoms with Gasteiger partial charge in [-0.15, -0.1) is 0 Å². The number of nitrogens with one attached hydrogen (secondary N) is 1. The number of ether oxygens (including phenoxy) is 1. The Morgan fingerprint density at radius 2 is 2.00 bits per heavy atom. The fraction of sp³-hybridized carbons (Fsp3) is 0.579. The van der Waals surface area contributed by atoms with Gasteiger partial charge in [-0.2, -0.15) is 0 Å². The van der Waals surface area contributed by atoms with E-state index in [-0.39, 0.29) is 23.8 Å². The molecule has 5 nitrogen and oxygen atoms in total. The third-order valence-corrected chi connectivity index (χ3v) is 4.90. The molecule has 0 radical (unpaired) electrons. The topological polar surface area (TPSA) is 58.6 Å². The summed E-state index contributed by atoms with van der Waals surface area (Å²) in [5.41, 5.74) is 1.01. The number of hydrogen-bond donors (Lipinski definition) is 1. The summed E-state index contributed by atoms with van der Waals surface area (Å²) < 4.78 is 5.22. The third-order valence-electron chi connectivity index (χ3n) is 4.90. The standard InChI is InChI=1S/C19H26N2O3/c1-3-4-11-21-17(22)12-16(19(23)20-14-7-8-14)18(21)13-5-9-15(24-2)10-6-13/h5-6,9-10,14,16,18H,3-4,7-8,11-12H2,1-2H3,(H,20,23)/t16-,18+/m1/s1. The van der Waals surface area contributed by atoms with E-state index in [0.717, 1.165) is 37.0 Å². The molecule has 0 bridgehead atoms. The highest BCUT2D eigenvalue weighted by Gasteiger charge is 2.45. The van der Waals surface area contributed by atoms with Crippen LogP contribution in [0.1, 0.15) is 50.6 Å². The van der Waals surface area contributed by atoms with E-state index in [4.69, 9.17) is 4.74 Å². The van der Waals surface area contributed by atoms with Crippen molar-refractivity contribution in [2.75, 3.05) is 13.7 Å². The first kappa shape index (κ1) is 16.8. The molecule has 130 valence electrons. The molecule has 0 unspecified atom stereocenters. The summed E-state index contributed by atoms with van der Waals surface area (Å²) in [4.78, 5) is 27.1. The Morgan fingerprint density at radius 1 is 1.29 bits per heavy atom. The van der Waals surface area contributed by atoms with Crippen LogP contribution < -0.4 is 10.1 Å². The van der Waals surface area contributed by atoms with Crippen LogP contribution in [0.3, 0.4) is 0 Å². The summed E-state index contributed by atoms with van der Waals surface area (Å²) in [5.74, 6) is 0.580. The minimum atomic E-state index is -0.302. The Bertz CT molecular complexity index is 595. The van der Waals surface area contributed by atoms with Gasteiger partial charge in [-0.05, 0) is 37.0 Å². The van der Waals surface area contributed by atoms with Crippen LogP contribution in [-0.4, -0.2) is 36.4 Å². The molecule has 2 amide bonds. The van der Waals surface area contributed by atoms with Crippen molar-refractivity contribution in [1.82, 2.24) is 10.2 Å². The second-order valence-electron chi connectivity index (χ2n) is 6.75. The van der Waals surface area contributed by atoms with Crippen LogP contribution in [-0.2, 0) is 9.59 Å². The summed E-state index contributed by atoms with van der Waals surface area (Å²) in [5, 5.41) is 3.07. The van der Waals surface area contributed by atoms with Gasteiger partial charge in [0.2, 0.25) is 11.8 Å². The molecule has 1 aliphatic heterocycles. The molecule has 2 fully saturated rings. The van der Waals surface area contributed by atoms with E-state index in [0.29, 0.717) is 19.0 Å². The number of nitrogens with zero attached hydrogens (tertiary/aromatic N) is 1. The van der Waals surface area contributed by atoms with Crippen LogP contribution >= 0.6 is 0 Å². The molecule has 1 N–H and O–H groups in total. The molecule has 5 heteroatoms. The molecule has 1 aromatic rings. The summed E-state index contributed by atoms with van der Waals surface area (Å²) in [6, 6.07) is 7.87. The number of methoxy groups -OCH3 is 1. The minimum absolute atomic E-state index is 0.0191. The largest absolute Gasteiger partial charge is 0.497 e. The Balaban J connectivity index is 1.85. The number of hydrogen-bond acceptors (Lipinski definition) is 3. The van der Waals surface area contributed by atoms with E-state index in [1.165, 1.54) is 0 Å². The lowest BCUT2D eigenvalue weighted by Crippen LogP contribution is -2.36. The Kier molecular flexibility index (Phi) is 5.07. The normalized spacial score (nSPS) is 23.4. The van der Waals surface area contributed by atoms with E-state index in [2.05, 4.69) is 12.2 Å². The van der Waals surface area contributed by atoms with Crippen molar-refractivity contribution in [1.29, 1.82) is 0 Å². The maximum absolute atomic E-state index is 12.7.